The van der Waals surface area contributed by atoms with E-state index in [9.17, 15) is 0 Å². The summed E-state index contributed by atoms with van der Waals surface area (Å²) < 4.78 is 1.80. The van der Waals surface area contributed by atoms with E-state index in [1.807, 2.05) is 20.3 Å². The van der Waals surface area contributed by atoms with Gasteiger partial charge in [-0.15, -0.1) is 0 Å². The SMILES string of the molecule is CNc1nc(CN2CC(C)CC2C)nc2c1cnn2C. The van der Waals surface area contributed by atoms with E-state index in [0.29, 0.717) is 6.04 Å². The highest BCUT2D eigenvalue weighted by Gasteiger charge is 2.27. The van der Waals surface area contributed by atoms with Crippen LogP contribution in [-0.4, -0.2) is 44.3 Å². The van der Waals surface area contributed by atoms with E-state index in [2.05, 4.69) is 39.1 Å². The number of likely N-dealkylation sites (tertiary alicyclic amines) is 1. The maximum Gasteiger partial charge on any atom is 0.163 e. The second-order valence-corrected chi connectivity index (χ2v) is 5.86. The van der Waals surface area contributed by atoms with Crippen LogP contribution < -0.4 is 5.32 Å². The fraction of sp³-hybridized carbons (Fsp3) is 0.643. The predicted molar refractivity (Wildman–Crippen MR) is 79.5 cm³/mol. The molecule has 3 heterocycles. The van der Waals surface area contributed by atoms with Crippen molar-refractivity contribution in [3.8, 4) is 0 Å². The lowest BCUT2D eigenvalue weighted by atomic mass is 10.1. The Labute approximate surface area is 119 Å². The molecule has 1 fully saturated rings. The first kappa shape index (κ1) is 13.3. The van der Waals surface area contributed by atoms with Crippen LogP contribution in [0.1, 0.15) is 26.1 Å². The molecule has 0 bridgehead atoms. The van der Waals surface area contributed by atoms with Crippen molar-refractivity contribution in [2.45, 2.75) is 32.9 Å². The van der Waals surface area contributed by atoms with Crippen molar-refractivity contribution < 1.29 is 0 Å². The Morgan fingerprint density at radius 3 is 2.80 bits per heavy atom. The van der Waals surface area contributed by atoms with Gasteiger partial charge in [0.05, 0.1) is 18.1 Å². The number of hydrogen-bond donors (Lipinski definition) is 1. The molecule has 3 rings (SSSR count). The first-order valence-electron chi connectivity index (χ1n) is 7.19. The van der Waals surface area contributed by atoms with Gasteiger partial charge in [0.1, 0.15) is 11.6 Å². The van der Waals surface area contributed by atoms with Gasteiger partial charge in [0.25, 0.3) is 0 Å². The van der Waals surface area contributed by atoms with Gasteiger partial charge in [-0.25, -0.2) is 9.97 Å². The van der Waals surface area contributed by atoms with Crippen LogP contribution in [0.15, 0.2) is 6.20 Å². The van der Waals surface area contributed by atoms with Gasteiger partial charge in [0.2, 0.25) is 0 Å². The maximum absolute atomic E-state index is 4.67. The van der Waals surface area contributed by atoms with Gasteiger partial charge in [-0.1, -0.05) is 6.92 Å². The summed E-state index contributed by atoms with van der Waals surface area (Å²) in [5.74, 6) is 2.48. The van der Waals surface area contributed by atoms with Crippen molar-refractivity contribution in [1.29, 1.82) is 0 Å². The molecule has 2 unspecified atom stereocenters. The Hall–Kier alpha value is -1.69. The molecule has 1 N–H and O–H groups in total. The quantitative estimate of drug-likeness (QED) is 0.922. The molecular formula is C14H22N6. The van der Waals surface area contributed by atoms with E-state index in [-0.39, 0.29) is 0 Å². The fourth-order valence-corrected chi connectivity index (χ4v) is 3.12. The molecule has 1 aliphatic rings. The van der Waals surface area contributed by atoms with Gasteiger partial charge in [-0.2, -0.15) is 5.10 Å². The highest BCUT2D eigenvalue weighted by atomic mass is 15.3. The van der Waals surface area contributed by atoms with Crippen LogP contribution >= 0.6 is 0 Å². The van der Waals surface area contributed by atoms with E-state index >= 15 is 0 Å². The lowest BCUT2D eigenvalue weighted by molar-refractivity contribution is 0.250. The molecule has 0 aliphatic carbocycles. The summed E-state index contributed by atoms with van der Waals surface area (Å²) >= 11 is 0. The lowest BCUT2D eigenvalue weighted by Crippen LogP contribution is -2.27. The average molecular weight is 274 g/mol. The molecule has 20 heavy (non-hydrogen) atoms. The number of rotatable bonds is 3. The number of aryl methyl sites for hydroxylation is 1. The third-order valence-corrected chi connectivity index (χ3v) is 4.13. The minimum absolute atomic E-state index is 0.605. The molecule has 2 aromatic rings. The van der Waals surface area contributed by atoms with Crippen LogP contribution in [0.4, 0.5) is 5.82 Å². The first-order chi connectivity index (χ1) is 9.58. The van der Waals surface area contributed by atoms with Gasteiger partial charge in [0.15, 0.2) is 5.65 Å². The lowest BCUT2D eigenvalue weighted by Gasteiger charge is -2.20. The second-order valence-electron chi connectivity index (χ2n) is 5.86. The van der Waals surface area contributed by atoms with Crippen LogP contribution in [-0.2, 0) is 13.6 Å². The highest BCUT2D eigenvalue weighted by Crippen LogP contribution is 2.25. The molecule has 0 saturated carbocycles. The smallest absolute Gasteiger partial charge is 0.163 e. The normalized spacial score (nSPS) is 23.6. The molecule has 2 aromatic heterocycles. The zero-order valence-electron chi connectivity index (χ0n) is 12.6. The molecule has 108 valence electrons. The zero-order chi connectivity index (χ0) is 14.3. The second kappa shape index (κ2) is 5.01. The molecule has 6 nitrogen and oxygen atoms in total. The molecule has 1 aliphatic heterocycles. The number of hydrogen-bond acceptors (Lipinski definition) is 5. The van der Waals surface area contributed by atoms with Gasteiger partial charge in [0, 0.05) is 26.7 Å². The zero-order valence-corrected chi connectivity index (χ0v) is 12.6. The first-order valence-corrected chi connectivity index (χ1v) is 7.19. The summed E-state index contributed by atoms with van der Waals surface area (Å²) in [5.41, 5.74) is 0.888. The Morgan fingerprint density at radius 1 is 1.35 bits per heavy atom. The number of aromatic nitrogens is 4. The molecular weight excluding hydrogens is 252 g/mol. The van der Waals surface area contributed by atoms with Crippen LogP contribution in [0.25, 0.3) is 11.0 Å². The number of nitrogens with zero attached hydrogens (tertiary/aromatic N) is 5. The molecule has 1 saturated heterocycles. The summed E-state index contributed by atoms with van der Waals surface area (Å²) in [4.78, 5) is 11.8. The minimum Gasteiger partial charge on any atom is -0.372 e. The van der Waals surface area contributed by atoms with Crippen molar-refractivity contribution in [1.82, 2.24) is 24.6 Å². The number of nitrogens with one attached hydrogen (secondary N) is 1. The summed E-state index contributed by atoms with van der Waals surface area (Å²) in [5, 5.41) is 8.38. The molecule has 6 heteroatoms. The standard InChI is InChI=1S/C14H22N6/c1-9-5-10(2)20(7-9)8-12-17-13(15-3)11-6-16-19(4)14(11)18-12/h6,9-10H,5,7-8H2,1-4H3,(H,15,17,18). The van der Waals surface area contributed by atoms with E-state index in [4.69, 9.17) is 0 Å². The molecule has 0 amide bonds. The van der Waals surface area contributed by atoms with Crippen molar-refractivity contribution in [2.75, 3.05) is 18.9 Å². The van der Waals surface area contributed by atoms with Gasteiger partial charge >= 0.3 is 0 Å². The van der Waals surface area contributed by atoms with Crippen LogP contribution in [0.3, 0.4) is 0 Å². The van der Waals surface area contributed by atoms with Crippen LogP contribution in [0.2, 0.25) is 0 Å². The molecule has 0 spiro atoms. The largest absolute Gasteiger partial charge is 0.372 e. The monoisotopic (exact) mass is 274 g/mol. The molecule has 0 aromatic carbocycles. The molecule has 0 radical (unpaired) electrons. The van der Waals surface area contributed by atoms with Crippen molar-refractivity contribution in [3.63, 3.8) is 0 Å². The van der Waals surface area contributed by atoms with Gasteiger partial charge in [-0.05, 0) is 19.3 Å². The highest BCUT2D eigenvalue weighted by molar-refractivity contribution is 5.86. The summed E-state index contributed by atoms with van der Waals surface area (Å²) in [6, 6.07) is 0.605. The Kier molecular flexibility index (Phi) is 3.33. The Bertz CT molecular complexity index is 619. The van der Waals surface area contributed by atoms with E-state index in [1.54, 1.807) is 4.68 Å². The van der Waals surface area contributed by atoms with E-state index < -0.39 is 0 Å². The third kappa shape index (κ3) is 2.24. The maximum atomic E-state index is 4.67. The summed E-state index contributed by atoms with van der Waals surface area (Å²) in [6.07, 6.45) is 3.07. The van der Waals surface area contributed by atoms with Crippen LogP contribution in [0, 0.1) is 5.92 Å². The Morgan fingerprint density at radius 2 is 2.15 bits per heavy atom. The third-order valence-electron chi connectivity index (χ3n) is 4.13. The van der Waals surface area contributed by atoms with Crippen molar-refractivity contribution in [2.24, 2.45) is 13.0 Å². The van der Waals surface area contributed by atoms with Crippen molar-refractivity contribution in [3.05, 3.63) is 12.0 Å². The average Bonchev–Trinajstić information content (AvgIpc) is 2.93. The van der Waals surface area contributed by atoms with E-state index in [1.165, 1.54) is 6.42 Å². The van der Waals surface area contributed by atoms with Gasteiger partial charge < -0.3 is 5.32 Å². The predicted octanol–water partition coefficient (Wildman–Crippen LogP) is 1.64. The van der Waals surface area contributed by atoms with Gasteiger partial charge in [-0.3, -0.25) is 9.58 Å². The molecule has 2 atom stereocenters. The fourth-order valence-electron chi connectivity index (χ4n) is 3.12. The topological polar surface area (TPSA) is 58.9 Å². The van der Waals surface area contributed by atoms with Crippen LogP contribution in [0.5, 0.6) is 0 Å². The number of anilines is 1. The van der Waals surface area contributed by atoms with E-state index in [0.717, 1.165) is 41.7 Å². The summed E-state index contributed by atoms with van der Waals surface area (Å²) in [6.45, 7) is 6.52. The summed E-state index contributed by atoms with van der Waals surface area (Å²) in [7, 11) is 3.80. The number of fused-ring (bicyclic) bond motifs is 1. The van der Waals surface area contributed by atoms with Crippen molar-refractivity contribution >= 4 is 16.9 Å². The minimum atomic E-state index is 0.605. The Balaban J connectivity index is 1.93.